The minimum Gasteiger partial charge on any atom is -0.396 e. The molecule has 7 nitrogen and oxygen atoms in total. The summed E-state index contributed by atoms with van der Waals surface area (Å²) in [7, 11) is 1.76. The lowest BCUT2D eigenvalue weighted by atomic mass is 9.70. The molecule has 3 heterocycles. The number of carbonyl (C=O) groups excluding carboxylic acids is 3. The molecule has 5 atom stereocenters. The number of likely N-dealkylation sites (N-methyl/N-ethyl adjacent to an activating group) is 1. The topological polar surface area (TPSA) is 81.2 Å². The van der Waals surface area contributed by atoms with Crippen molar-refractivity contribution in [3.8, 4) is 0 Å². The van der Waals surface area contributed by atoms with Gasteiger partial charge in [0, 0.05) is 45.1 Å². The van der Waals surface area contributed by atoms with Crippen molar-refractivity contribution in [1.82, 2.24) is 14.7 Å². The van der Waals surface area contributed by atoms with Gasteiger partial charge in [0.25, 0.3) is 0 Å². The van der Waals surface area contributed by atoms with Crippen molar-refractivity contribution in [3.63, 3.8) is 0 Å². The summed E-state index contributed by atoms with van der Waals surface area (Å²) >= 11 is 1.71. The number of carbonyl (C=O) groups is 3. The maximum absolute atomic E-state index is 14.1. The highest BCUT2D eigenvalue weighted by Crippen LogP contribution is 2.66. The molecule has 0 aromatic carbocycles. The van der Waals surface area contributed by atoms with E-state index in [9.17, 15) is 19.5 Å². The molecule has 0 radical (unpaired) electrons. The molecule has 2 unspecified atom stereocenters. The minimum atomic E-state index is -0.567. The molecule has 1 N–H and O–H groups in total. The SMILES string of the molecule is C=CCN(C)C(=O)[C@@H]1[C@H]2C(=O)N(CCCCO)C(C(=O)N(CC=C)CCCCC)C23CC[C@H]1S3. The number of aliphatic hydroxyl groups is 1. The molecular weight excluding hydrogens is 450 g/mol. The highest BCUT2D eigenvalue weighted by Gasteiger charge is 2.73. The van der Waals surface area contributed by atoms with E-state index >= 15 is 0 Å². The van der Waals surface area contributed by atoms with E-state index < -0.39 is 22.6 Å². The number of aliphatic hydroxyl groups excluding tert-OH is 1. The second kappa shape index (κ2) is 11.8. The molecule has 1 spiro atoms. The molecular formula is C26H41N3O4S. The van der Waals surface area contributed by atoms with E-state index in [2.05, 4.69) is 20.1 Å². The monoisotopic (exact) mass is 491 g/mol. The fourth-order valence-electron chi connectivity index (χ4n) is 6.06. The van der Waals surface area contributed by atoms with Crippen molar-refractivity contribution < 1.29 is 19.5 Å². The van der Waals surface area contributed by atoms with Crippen LogP contribution in [0.15, 0.2) is 25.3 Å². The van der Waals surface area contributed by atoms with Crippen LogP contribution < -0.4 is 0 Å². The highest BCUT2D eigenvalue weighted by molar-refractivity contribution is 8.02. The summed E-state index contributed by atoms with van der Waals surface area (Å²) in [6, 6.07) is -0.567. The zero-order valence-corrected chi connectivity index (χ0v) is 21.6. The van der Waals surface area contributed by atoms with Gasteiger partial charge in [0.15, 0.2) is 0 Å². The number of hydrogen-bond acceptors (Lipinski definition) is 5. The van der Waals surface area contributed by atoms with Gasteiger partial charge < -0.3 is 19.8 Å². The Labute approximate surface area is 208 Å². The number of hydrogen-bond donors (Lipinski definition) is 1. The van der Waals surface area contributed by atoms with Crippen LogP contribution in [0, 0.1) is 11.8 Å². The van der Waals surface area contributed by atoms with Gasteiger partial charge in [0.2, 0.25) is 17.7 Å². The summed E-state index contributed by atoms with van der Waals surface area (Å²) in [4.78, 5) is 46.6. The van der Waals surface area contributed by atoms with Gasteiger partial charge in [0.05, 0.1) is 16.6 Å². The molecule has 34 heavy (non-hydrogen) atoms. The largest absolute Gasteiger partial charge is 0.396 e. The quantitative estimate of drug-likeness (QED) is 0.299. The van der Waals surface area contributed by atoms with Crippen LogP contribution in [-0.2, 0) is 14.4 Å². The van der Waals surface area contributed by atoms with Crippen molar-refractivity contribution in [2.75, 3.05) is 39.8 Å². The van der Waals surface area contributed by atoms with Gasteiger partial charge in [-0.05, 0) is 32.1 Å². The van der Waals surface area contributed by atoms with Gasteiger partial charge >= 0.3 is 0 Å². The van der Waals surface area contributed by atoms with Crippen LogP contribution in [0.1, 0.15) is 51.9 Å². The zero-order valence-electron chi connectivity index (χ0n) is 20.8. The summed E-state index contributed by atoms with van der Waals surface area (Å²) in [6.45, 7) is 11.8. The van der Waals surface area contributed by atoms with Gasteiger partial charge in [0.1, 0.15) is 6.04 Å². The van der Waals surface area contributed by atoms with Crippen LogP contribution >= 0.6 is 11.8 Å². The first kappa shape index (κ1) is 26.8. The van der Waals surface area contributed by atoms with E-state index in [0.29, 0.717) is 39.0 Å². The van der Waals surface area contributed by atoms with E-state index in [-0.39, 0.29) is 29.6 Å². The number of rotatable bonds is 14. The maximum Gasteiger partial charge on any atom is 0.247 e. The molecule has 3 aliphatic heterocycles. The molecule has 3 rings (SSSR count). The van der Waals surface area contributed by atoms with E-state index in [4.69, 9.17) is 0 Å². The summed E-state index contributed by atoms with van der Waals surface area (Å²) in [6.07, 6.45) is 9.31. The summed E-state index contributed by atoms with van der Waals surface area (Å²) < 4.78 is -0.558. The standard InChI is InChI=1S/C26H41N3O4S/c1-5-8-9-16-28(15-7-3)25(33)22-26-13-12-19(34-26)20(23(31)27(4)14-6-2)21(26)24(32)29(22)17-10-11-18-30/h6-7,19-22,30H,2-3,5,8-18H2,1,4H3/t19-,20+,21+,22?,26?/m1/s1. The predicted octanol–water partition coefficient (Wildman–Crippen LogP) is 2.70. The van der Waals surface area contributed by atoms with Gasteiger partial charge in [-0.25, -0.2) is 0 Å². The van der Waals surface area contributed by atoms with Crippen molar-refractivity contribution in [1.29, 1.82) is 0 Å². The second-order valence-corrected chi connectivity index (χ2v) is 11.4. The van der Waals surface area contributed by atoms with Crippen molar-refractivity contribution in [3.05, 3.63) is 25.3 Å². The van der Waals surface area contributed by atoms with E-state index in [1.54, 1.807) is 40.8 Å². The van der Waals surface area contributed by atoms with Gasteiger partial charge in [-0.2, -0.15) is 0 Å². The number of nitrogens with zero attached hydrogens (tertiary/aromatic N) is 3. The molecule has 2 bridgehead atoms. The van der Waals surface area contributed by atoms with Crippen LogP contribution in [0.5, 0.6) is 0 Å². The molecule has 3 aliphatic rings. The molecule has 3 amide bonds. The van der Waals surface area contributed by atoms with Crippen LogP contribution in [0.2, 0.25) is 0 Å². The molecule has 0 aromatic rings. The van der Waals surface area contributed by atoms with E-state index in [1.807, 2.05) is 4.90 Å². The Morgan fingerprint density at radius 1 is 1.18 bits per heavy atom. The first-order valence-corrected chi connectivity index (χ1v) is 13.6. The number of likely N-dealkylation sites (tertiary alicyclic amines) is 1. The molecule has 190 valence electrons. The Bertz CT molecular complexity index is 790. The van der Waals surface area contributed by atoms with E-state index in [1.165, 1.54) is 0 Å². The van der Waals surface area contributed by atoms with Gasteiger partial charge in [-0.3, -0.25) is 14.4 Å². The maximum atomic E-state index is 14.1. The number of fused-ring (bicyclic) bond motifs is 1. The van der Waals surface area contributed by atoms with Crippen molar-refractivity contribution >= 4 is 29.5 Å². The van der Waals surface area contributed by atoms with Gasteiger partial charge in [-0.15, -0.1) is 24.9 Å². The Kier molecular flexibility index (Phi) is 9.27. The first-order valence-electron chi connectivity index (χ1n) is 12.7. The Balaban J connectivity index is 1.95. The predicted molar refractivity (Wildman–Crippen MR) is 136 cm³/mol. The lowest BCUT2D eigenvalue weighted by molar-refractivity contribution is -0.144. The molecule has 0 aromatic heterocycles. The zero-order chi connectivity index (χ0) is 24.9. The summed E-state index contributed by atoms with van der Waals surface area (Å²) in [5.41, 5.74) is 0. The first-order chi connectivity index (χ1) is 16.4. The van der Waals surface area contributed by atoms with Crippen LogP contribution in [0.25, 0.3) is 0 Å². The average Bonchev–Trinajstić information content (AvgIpc) is 3.46. The summed E-state index contributed by atoms with van der Waals surface area (Å²) in [5, 5.41) is 9.37. The lowest BCUT2D eigenvalue weighted by Crippen LogP contribution is -2.55. The number of unbranched alkanes of at least 4 members (excludes halogenated alkanes) is 3. The number of amides is 3. The Hall–Kier alpha value is -1.80. The molecule has 0 saturated carbocycles. The molecule has 3 saturated heterocycles. The molecule has 3 fully saturated rings. The molecule has 0 aliphatic carbocycles. The third kappa shape index (κ3) is 4.81. The highest BCUT2D eigenvalue weighted by atomic mass is 32.2. The fourth-order valence-corrected chi connectivity index (χ4v) is 8.27. The Morgan fingerprint density at radius 3 is 2.56 bits per heavy atom. The summed E-state index contributed by atoms with van der Waals surface area (Å²) in [5.74, 6) is -0.978. The minimum absolute atomic E-state index is 0.0171. The lowest BCUT2D eigenvalue weighted by Gasteiger charge is -2.37. The third-order valence-corrected chi connectivity index (χ3v) is 9.55. The van der Waals surface area contributed by atoms with Crippen molar-refractivity contribution in [2.24, 2.45) is 11.8 Å². The smallest absolute Gasteiger partial charge is 0.247 e. The third-order valence-electron chi connectivity index (χ3n) is 7.60. The fraction of sp³-hybridized carbons (Fsp3) is 0.731. The van der Waals surface area contributed by atoms with Crippen LogP contribution in [-0.4, -0.2) is 93.4 Å². The average molecular weight is 492 g/mol. The van der Waals surface area contributed by atoms with Crippen molar-refractivity contribution in [2.45, 2.75) is 67.9 Å². The normalized spacial score (nSPS) is 29.3. The molecule has 8 heteroatoms. The van der Waals surface area contributed by atoms with Crippen LogP contribution in [0.3, 0.4) is 0 Å². The van der Waals surface area contributed by atoms with Gasteiger partial charge in [-0.1, -0.05) is 31.9 Å². The Morgan fingerprint density at radius 2 is 1.91 bits per heavy atom. The van der Waals surface area contributed by atoms with Crippen LogP contribution in [0.4, 0.5) is 0 Å². The van der Waals surface area contributed by atoms with E-state index in [0.717, 1.165) is 32.1 Å². The second-order valence-electron chi connectivity index (χ2n) is 9.81. The number of thioether (sulfide) groups is 1.